The molecule has 0 spiro atoms. The van der Waals surface area contributed by atoms with Gasteiger partial charge in [-0.2, -0.15) is 11.3 Å². The van der Waals surface area contributed by atoms with E-state index in [2.05, 4.69) is 10.6 Å². The standard InChI is InChI=1S/C12H18N2OS.ClH/c1-9(10-4-6-16-8-10)12(15)14-11-3-2-5-13-7-11;/h4,6,8-9,11,13H,2-3,5,7H2,1H3,(H,14,15);1H/t9?,11-;/m0./s1. The molecule has 2 rings (SSSR count). The van der Waals surface area contributed by atoms with Gasteiger partial charge in [0.05, 0.1) is 5.92 Å². The minimum absolute atomic E-state index is 0. The van der Waals surface area contributed by atoms with Crippen LogP contribution < -0.4 is 10.6 Å². The van der Waals surface area contributed by atoms with E-state index in [0.717, 1.165) is 31.5 Å². The van der Waals surface area contributed by atoms with Crippen molar-refractivity contribution in [2.75, 3.05) is 13.1 Å². The number of piperidine rings is 1. The number of rotatable bonds is 3. The second kappa shape index (κ2) is 6.99. The lowest BCUT2D eigenvalue weighted by atomic mass is 10.0. The van der Waals surface area contributed by atoms with Gasteiger partial charge in [0, 0.05) is 12.6 Å². The van der Waals surface area contributed by atoms with Crippen LogP contribution in [-0.4, -0.2) is 25.0 Å². The summed E-state index contributed by atoms with van der Waals surface area (Å²) in [5.41, 5.74) is 1.12. The minimum Gasteiger partial charge on any atom is -0.352 e. The Labute approximate surface area is 112 Å². The normalized spacial score (nSPS) is 21.4. The van der Waals surface area contributed by atoms with Crippen LogP contribution in [0.5, 0.6) is 0 Å². The molecule has 2 atom stereocenters. The van der Waals surface area contributed by atoms with Gasteiger partial charge in [0.25, 0.3) is 0 Å². The van der Waals surface area contributed by atoms with Gasteiger partial charge in [-0.25, -0.2) is 0 Å². The predicted molar refractivity (Wildman–Crippen MR) is 74.0 cm³/mol. The van der Waals surface area contributed by atoms with E-state index in [1.165, 1.54) is 0 Å². The molecule has 0 aliphatic carbocycles. The van der Waals surface area contributed by atoms with Crippen molar-refractivity contribution < 1.29 is 4.79 Å². The highest BCUT2D eigenvalue weighted by Crippen LogP contribution is 2.18. The summed E-state index contributed by atoms with van der Waals surface area (Å²) in [5.74, 6) is 0.111. The van der Waals surface area contributed by atoms with Crippen LogP contribution in [-0.2, 0) is 4.79 Å². The topological polar surface area (TPSA) is 41.1 Å². The van der Waals surface area contributed by atoms with Crippen LogP contribution >= 0.6 is 23.7 Å². The number of thiophene rings is 1. The summed E-state index contributed by atoms with van der Waals surface area (Å²) in [4.78, 5) is 12.0. The van der Waals surface area contributed by atoms with Gasteiger partial charge in [0.1, 0.15) is 0 Å². The summed E-state index contributed by atoms with van der Waals surface area (Å²) >= 11 is 1.64. The van der Waals surface area contributed by atoms with Gasteiger partial charge in [-0.15, -0.1) is 12.4 Å². The van der Waals surface area contributed by atoms with Crippen molar-refractivity contribution >= 4 is 29.7 Å². The van der Waals surface area contributed by atoms with Crippen molar-refractivity contribution in [3.8, 4) is 0 Å². The second-order valence-corrected chi connectivity index (χ2v) is 5.11. The molecule has 0 saturated carbocycles. The molecular formula is C12H19ClN2OS. The lowest BCUT2D eigenvalue weighted by Gasteiger charge is -2.25. The van der Waals surface area contributed by atoms with Crippen LogP contribution in [0.4, 0.5) is 0 Å². The highest BCUT2D eigenvalue weighted by atomic mass is 35.5. The first-order chi connectivity index (χ1) is 7.77. The maximum absolute atomic E-state index is 12.0. The van der Waals surface area contributed by atoms with E-state index in [4.69, 9.17) is 0 Å². The molecule has 2 heterocycles. The fraction of sp³-hybridized carbons (Fsp3) is 0.583. The molecule has 0 aromatic carbocycles. The van der Waals surface area contributed by atoms with Crippen LogP contribution in [0.25, 0.3) is 0 Å². The fourth-order valence-corrected chi connectivity index (χ4v) is 2.73. The van der Waals surface area contributed by atoms with Gasteiger partial charge in [-0.05, 0) is 48.7 Å². The molecular weight excluding hydrogens is 256 g/mol. The molecule has 1 amide bonds. The lowest BCUT2D eigenvalue weighted by molar-refractivity contribution is -0.123. The maximum Gasteiger partial charge on any atom is 0.227 e. The summed E-state index contributed by atoms with van der Waals surface area (Å²) in [5, 5.41) is 10.5. The van der Waals surface area contributed by atoms with Crippen molar-refractivity contribution in [3.63, 3.8) is 0 Å². The molecule has 1 aromatic rings. The SMILES string of the molecule is CC(C(=O)N[C@H]1CCCNC1)c1ccsc1.Cl. The number of hydrogen-bond donors (Lipinski definition) is 2. The Morgan fingerprint density at radius 3 is 3.06 bits per heavy atom. The Bertz CT molecular complexity index is 336. The smallest absolute Gasteiger partial charge is 0.227 e. The molecule has 1 unspecified atom stereocenters. The zero-order valence-electron chi connectivity index (χ0n) is 9.94. The number of hydrogen-bond acceptors (Lipinski definition) is 3. The molecule has 0 bridgehead atoms. The average molecular weight is 275 g/mol. The van der Waals surface area contributed by atoms with E-state index >= 15 is 0 Å². The summed E-state index contributed by atoms with van der Waals surface area (Å²) in [6, 6.07) is 2.33. The van der Waals surface area contributed by atoms with E-state index in [-0.39, 0.29) is 24.2 Å². The molecule has 17 heavy (non-hydrogen) atoms. The third-order valence-electron chi connectivity index (χ3n) is 3.08. The van der Waals surface area contributed by atoms with Crippen LogP contribution in [0.15, 0.2) is 16.8 Å². The molecule has 0 radical (unpaired) electrons. The monoisotopic (exact) mass is 274 g/mol. The van der Waals surface area contributed by atoms with Gasteiger partial charge >= 0.3 is 0 Å². The van der Waals surface area contributed by atoms with Crippen molar-refractivity contribution in [1.82, 2.24) is 10.6 Å². The number of nitrogens with one attached hydrogen (secondary N) is 2. The third kappa shape index (κ3) is 3.98. The van der Waals surface area contributed by atoms with Crippen LogP contribution in [0.1, 0.15) is 31.2 Å². The molecule has 1 aromatic heterocycles. The number of carbonyl (C=O) groups is 1. The first kappa shape index (κ1) is 14.5. The summed E-state index contributed by atoms with van der Waals surface area (Å²) in [7, 11) is 0. The van der Waals surface area contributed by atoms with E-state index < -0.39 is 0 Å². The predicted octanol–water partition coefficient (Wildman–Crippen LogP) is 2.14. The Morgan fingerprint density at radius 2 is 2.47 bits per heavy atom. The van der Waals surface area contributed by atoms with Gasteiger partial charge in [0.15, 0.2) is 0 Å². The Morgan fingerprint density at radius 1 is 1.65 bits per heavy atom. The quantitative estimate of drug-likeness (QED) is 0.887. The van der Waals surface area contributed by atoms with E-state index in [1.807, 2.05) is 23.8 Å². The van der Waals surface area contributed by atoms with E-state index in [1.54, 1.807) is 11.3 Å². The minimum atomic E-state index is -0.0341. The van der Waals surface area contributed by atoms with Crippen molar-refractivity contribution in [2.24, 2.45) is 0 Å². The van der Waals surface area contributed by atoms with E-state index in [0.29, 0.717) is 6.04 Å². The largest absolute Gasteiger partial charge is 0.352 e. The molecule has 1 aliphatic heterocycles. The van der Waals surface area contributed by atoms with Crippen LogP contribution in [0.3, 0.4) is 0 Å². The summed E-state index contributed by atoms with van der Waals surface area (Å²) in [6.45, 7) is 3.95. The molecule has 1 aliphatic rings. The Kier molecular flexibility index (Phi) is 5.95. The second-order valence-electron chi connectivity index (χ2n) is 4.33. The summed E-state index contributed by atoms with van der Waals surface area (Å²) in [6.07, 6.45) is 2.24. The Balaban J connectivity index is 0.00000144. The highest BCUT2D eigenvalue weighted by molar-refractivity contribution is 7.08. The first-order valence-electron chi connectivity index (χ1n) is 5.80. The van der Waals surface area contributed by atoms with E-state index in [9.17, 15) is 4.79 Å². The van der Waals surface area contributed by atoms with Crippen molar-refractivity contribution in [1.29, 1.82) is 0 Å². The van der Waals surface area contributed by atoms with Gasteiger partial charge in [-0.1, -0.05) is 0 Å². The summed E-state index contributed by atoms with van der Waals surface area (Å²) < 4.78 is 0. The van der Waals surface area contributed by atoms with Crippen LogP contribution in [0.2, 0.25) is 0 Å². The molecule has 3 nitrogen and oxygen atoms in total. The van der Waals surface area contributed by atoms with Crippen molar-refractivity contribution in [2.45, 2.75) is 31.7 Å². The van der Waals surface area contributed by atoms with Gasteiger partial charge in [0.2, 0.25) is 5.91 Å². The molecule has 5 heteroatoms. The lowest BCUT2D eigenvalue weighted by Crippen LogP contribution is -2.46. The molecule has 2 N–H and O–H groups in total. The van der Waals surface area contributed by atoms with Crippen molar-refractivity contribution in [3.05, 3.63) is 22.4 Å². The number of amides is 1. The number of halogens is 1. The molecule has 1 saturated heterocycles. The number of carbonyl (C=O) groups excluding carboxylic acids is 1. The average Bonchev–Trinajstić information content (AvgIpc) is 2.83. The zero-order chi connectivity index (χ0) is 11.4. The zero-order valence-corrected chi connectivity index (χ0v) is 11.6. The highest BCUT2D eigenvalue weighted by Gasteiger charge is 2.20. The van der Waals surface area contributed by atoms with Gasteiger partial charge < -0.3 is 10.6 Å². The third-order valence-corrected chi connectivity index (χ3v) is 3.78. The van der Waals surface area contributed by atoms with Crippen LogP contribution in [0, 0.1) is 0 Å². The maximum atomic E-state index is 12.0. The van der Waals surface area contributed by atoms with Gasteiger partial charge in [-0.3, -0.25) is 4.79 Å². The fourth-order valence-electron chi connectivity index (χ4n) is 1.97. The first-order valence-corrected chi connectivity index (χ1v) is 6.75. The Hall–Kier alpha value is -0.580. The molecule has 1 fully saturated rings. The molecule has 96 valence electrons.